The molecule has 4 amide bonds. The van der Waals surface area contributed by atoms with Crippen LogP contribution in [0.15, 0.2) is 0 Å². The molecule has 0 bridgehead atoms. The molecule has 20 heteroatoms. The number of nitrogens with zero attached hydrogens (tertiary/aromatic N) is 2. The molecule has 2 aliphatic heterocycles. The van der Waals surface area contributed by atoms with Gasteiger partial charge in [-0.3, -0.25) is 38.4 Å². The van der Waals surface area contributed by atoms with Crippen LogP contribution in [-0.4, -0.2) is 109 Å². The summed E-state index contributed by atoms with van der Waals surface area (Å²) in [6, 6.07) is 0. The molecule has 0 N–H and O–H groups in total. The first-order chi connectivity index (χ1) is 20.3. The smallest absolute Gasteiger partial charge is 0.459 e. The van der Waals surface area contributed by atoms with Gasteiger partial charge in [-0.1, -0.05) is 10.1 Å². The van der Waals surface area contributed by atoms with Gasteiger partial charge in [-0.15, -0.1) is 0 Å². The molecule has 236 valence electrons. The zero-order valence-corrected chi connectivity index (χ0v) is 22.8. The number of rotatable bonds is 14. The van der Waals surface area contributed by atoms with Crippen LogP contribution in [0, 0.1) is 0 Å². The average Bonchev–Trinajstić information content (AvgIpc) is 3.43. The molecule has 2 atom stereocenters. The largest absolute Gasteiger partial charge is 0.534 e. The molecule has 20 nitrogen and oxygen atoms in total. The Balaban J connectivity index is 1.56. The lowest BCUT2D eigenvalue weighted by atomic mass is 10.3. The van der Waals surface area contributed by atoms with Gasteiger partial charge in [0.25, 0.3) is 23.6 Å². The van der Waals surface area contributed by atoms with Crippen LogP contribution in [-0.2, 0) is 76.5 Å². The Morgan fingerprint density at radius 3 is 1.19 bits per heavy atom. The van der Waals surface area contributed by atoms with E-state index in [0.717, 1.165) is 13.8 Å². The van der Waals surface area contributed by atoms with Crippen molar-refractivity contribution in [3.63, 3.8) is 0 Å². The Bertz CT molecular complexity index is 1040. The van der Waals surface area contributed by atoms with Gasteiger partial charge >= 0.3 is 36.2 Å². The molecule has 2 rings (SSSR count). The summed E-state index contributed by atoms with van der Waals surface area (Å²) >= 11 is 0. The maximum atomic E-state index is 11.9. The fraction of sp³-hybridized carbons (Fsp3) is 0.565. The van der Waals surface area contributed by atoms with Crippen LogP contribution in [0.4, 0.5) is 9.59 Å². The molecular formula is C23H26N2O18. The van der Waals surface area contributed by atoms with Gasteiger partial charge in [-0.2, -0.15) is 0 Å². The number of esters is 4. The van der Waals surface area contributed by atoms with Gasteiger partial charge in [-0.25, -0.2) is 19.2 Å². The Morgan fingerprint density at radius 2 is 0.860 bits per heavy atom. The number of amides is 4. The Kier molecular flexibility index (Phi) is 12.8. The van der Waals surface area contributed by atoms with Crippen molar-refractivity contribution in [2.24, 2.45) is 0 Å². The lowest BCUT2D eigenvalue weighted by Crippen LogP contribution is -2.33. The van der Waals surface area contributed by atoms with Crippen molar-refractivity contribution in [1.82, 2.24) is 10.1 Å². The van der Waals surface area contributed by atoms with Gasteiger partial charge in [0.2, 0.25) is 0 Å². The summed E-state index contributed by atoms with van der Waals surface area (Å²) in [5.41, 5.74) is 0. The fourth-order valence-corrected chi connectivity index (χ4v) is 2.98. The molecule has 0 saturated carbocycles. The molecule has 0 radical (unpaired) electrons. The topological polar surface area (TPSA) is 251 Å². The van der Waals surface area contributed by atoms with Crippen molar-refractivity contribution >= 4 is 59.8 Å². The van der Waals surface area contributed by atoms with E-state index in [-0.39, 0.29) is 35.8 Å². The van der Waals surface area contributed by atoms with Crippen molar-refractivity contribution in [3.05, 3.63) is 0 Å². The van der Waals surface area contributed by atoms with E-state index in [1.54, 1.807) is 0 Å². The van der Waals surface area contributed by atoms with Crippen LogP contribution in [0.3, 0.4) is 0 Å². The molecule has 0 aromatic heterocycles. The molecule has 0 aromatic rings. The van der Waals surface area contributed by atoms with E-state index < -0.39 is 105 Å². The van der Waals surface area contributed by atoms with Crippen LogP contribution in [0.5, 0.6) is 0 Å². The lowest BCUT2D eigenvalue weighted by Gasteiger charge is -2.15. The summed E-state index contributed by atoms with van der Waals surface area (Å²) in [5.74, 6) is -7.46. The molecule has 2 heterocycles. The van der Waals surface area contributed by atoms with Gasteiger partial charge in [0, 0.05) is 25.7 Å². The molecular weight excluding hydrogens is 592 g/mol. The minimum Gasteiger partial charge on any atom is -0.459 e. The summed E-state index contributed by atoms with van der Waals surface area (Å²) < 4.78 is 28.0. The van der Waals surface area contributed by atoms with Crippen LogP contribution < -0.4 is 0 Å². The Labute approximate surface area is 241 Å². The molecule has 2 aliphatic rings. The highest BCUT2D eigenvalue weighted by molar-refractivity contribution is 6.02. The van der Waals surface area contributed by atoms with Crippen molar-refractivity contribution in [1.29, 1.82) is 0 Å². The Hall–Kier alpha value is -5.30. The third-order valence-corrected chi connectivity index (χ3v) is 5.01. The number of hydrogen-bond donors (Lipinski definition) is 0. The first-order valence-corrected chi connectivity index (χ1v) is 12.4. The predicted octanol–water partition coefficient (Wildman–Crippen LogP) is -1.24. The molecule has 2 unspecified atom stereocenters. The highest BCUT2D eigenvalue weighted by atomic mass is 16.8. The van der Waals surface area contributed by atoms with Gasteiger partial charge in [0.1, 0.15) is 32.8 Å². The number of carbonyl (C=O) groups excluding carboxylic acids is 10. The van der Waals surface area contributed by atoms with Crippen LogP contribution in [0.1, 0.15) is 46.0 Å². The molecule has 0 aliphatic carbocycles. The maximum absolute atomic E-state index is 11.9. The normalized spacial score (nSPS) is 15.8. The van der Waals surface area contributed by atoms with Gasteiger partial charge in [-0.05, 0) is 13.8 Å². The minimum absolute atomic E-state index is 0.114. The number of carbonyl (C=O) groups is 10. The molecule has 0 aromatic carbocycles. The molecule has 43 heavy (non-hydrogen) atoms. The van der Waals surface area contributed by atoms with E-state index in [9.17, 15) is 47.9 Å². The van der Waals surface area contributed by atoms with E-state index >= 15 is 0 Å². The summed E-state index contributed by atoms with van der Waals surface area (Å²) in [7, 11) is 0. The third kappa shape index (κ3) is 11.2. The maximum Gasteiger partial charge on any atom is 0.534 e. The van der Waals surface area contributed by atoms with E-state index in [4.69, 9.17) is 18.9 Å². The first-order valence-electron chi connectivity index (χ1n) is 12.4. The quantitative estimate of drug-likeness (QED) is 0.0725. The van der Waals surface area contributed by atoms with Gasteiger partial charge in [0.05, 0.1) is 0 Å². The number of ether oxygens (including phenoxy) is 6. The summed E-state index contributed by atoms with van der Waals surface area (Å²) in [6.07, 6.45) is -7.23. The predicted molar refractivity (Wildman–Crippen MR) is 125 cm³/mol. The summed E-state index contributed by atoms with van der Waals surface area (Å²) in [6.45, 7) is 0.151. The highest BCUT2D eigenvalue weighted by Crippen LogP contribution is 2.13. The monoisotopic (exact) mass is 618 g/mol. The molecule has 0 spiro atoms. The summed E-state index contributed by atoms with van der Waals surface area (Å²) in [5, 5.41) is 0.516. The number of imide groups is 2. The van der Waals surface area contributed by atoms with Crippen LogP contribution in [0.2, 0.25) is 0 Å². The van der Waals surface area contributed by atoms with Gasteiger partial charge in [0.15, 0.2) is 12.2 Å². The molecule has 2 fully saturated rings. The first kappa shape index (κ1) is 33.9. The van der Waals surface area contributed by atoms with E-state index in [1.165, 1.54) is 0 Å². The van der Waals surface area contributed by atoms with Gasteiger partial charge < -0.3 is 28.4 Å². The van der Waals surface area contributed by atoms with E-state index in [1.807, 2.05) is 0 Å². The second-order valence-corrected chi connectivity index (χ2v) is 8.32. The second kappa shape index (κ2) is 16.2. The zero-order chi connectivity index (χ0) is 32.1. The highest BCUT2D eigenvalue weighted by Gasteiger charge is 2.34. The van der Waals surface area contributed by atoms with Crippen LogP contribution in [0.25, 0.3) is 0 Å². The number of hydrogen-bond acceptors (Lipinski definition) is 18. The van der Waals surface area contributed by atoms with Crippen molar-refractivity contribution < 1.29 is 86.0 Å². The SMILES string of the molecule is CC(OC(=O)CC(=O)OC(C)C(=O)OCCOC(=O)ON1C(=O)CCC1=O)C(=O)OCCOC(=O)ON1C(=O)CCC1=O. The Morgan fingerprint density at radius 1 is 0.558 bits per heavy atom. The fourth-order valence-electron chi connectivity index (χ4n) is 2.98. The van der Waals surface area contributed by atoms with Crippen molar-refractivity contribution in [3.8, 4) is 0 Å². The lowest BCUT2D eigenvalue weighted by molar-refractivity contribution is -0.178. The second-order valence-electron chi connectivity index (χ2n) is 8.32. The third-order valence-electron chi connectivity index (χ3n) is 5.01. The molecule has 2 saturated heterocycles. The average molecular weight is 618 g/mol. The number of hydroxylamine groups is 4. The minimum atomic E-state index is -1.50. The van der Waals surface area contributed by atoms with Crippen molar-refractivity contribution in [2.75, 3.05) is 26.4 Å². The summed E-state index contributed by atoms with van der Waals surface area (Å²) in [4.78, 5) is 125. The van der Waals surface area contributed by atoms with Crippen molar-refractivity contribution in [2.45, 2.75) is 58.2 Å². The van der Waals surface area contributed by atoms with E-state index in [0.29, 0.717) is 0 Å². The van der Waals surface area contributed by atoms with E-state index in [2.05, 4.69) is 19.1 Å². The zero-order valence-electron chi connectivity index (χ0n) is 22.8. The van der Waals surface area contributed by atoms with Crippen LogP contribution >= 0.6 is 0 Å². The standard InChI is InChI=1S/C23H26N2O18/c1-12(20(32)36-7-9-38-22(34)42-24-14(26)3-4-15(24)27)40-18(30)11-19(31)41-13(2)21(33)37-8-10-39-23(35)43-25-16(28)5-6-17(25)29/h12-13H,3-11H2,1-2H3.